The first-order valence-electron chi connectivity index (χ1n) is 8.25. The fraction of sp³-hybridized carbons (Fsp3) is 0.389. The van der Waals surface area contributed by atoms with Crippen LogP contribution < -0.4 is 5.32 Å². The standard InChI is InChI=1S/C18H24ClN5O.HI/c1-4-5-6-12-24(3)18(20-2)21-11-10-16-22-17(23-25-16)14-8-7-9-15(19)13-14;/h4,7-9,13H,1,5-6,10-12H2,2-3H3,(H,20,21);1H. The highest BCUT2D eigenvalue weighted by atomic mass is 127. The monoisotopic (exact) mass is 489 g/mol. The van der Waals surface area contributed by atoms with Crippen LogP contribution in [0.25, 0.3) is 11.4 Å². The summed E-state index contributed by atoms with van der Waals surface area (Å²) in [5.41, 5.74) is 0.841. The molecule has 0 amide bonds. The molecule has 2 aromatic rings. The molecule has 0 saturated heterocycles. The molecule has 0 saturated carbocycles. The lowest BCUT2D eigenvalue weighted by Crippen LogP contribution is -2.40. The number of hydrogen-bond donors (Lipinski definition) is 1. The summed E-state index contributed by atoms with van der Waals surface area (Å²) in [4.78, 5) is 10.8. The molecule has 0 aliphatic carbocycles. The van der Waals surface area contributed by atoms with Gasteiger partial charge in [-0.3, -0.25) is 4.99 Å². The van der Waals surface area contributed by atoms with E-state index < -0.39 is 0 Å². The Kier molecular flexibility index (Phi) is 10.3. The lowest BCUT2D eigenvalue weighted by Gasteiger charge is -2.21. The van der Waals surface area contributed by atoms with E-state index in [1.54, 1.807) is 7.05 Å². The van der Waals surface area contributed by atoms with Gasteiger partial charge in [0.05, 0.1) is 0 Å². The largest absolute Gasteiger partial charge is 0.356 e. The van der Waals surface area contributed by atoms with Gasteiger partial charge in [-0.2, -0.15) is 4.98 Å². The van der Waals surface area contributed by atoms with E-state index in [0.717, 1.165) is 30.9 Å². The fourth-order valence-corrected chi connectivity index (χ4v) is 2.54. The number of allylic oxidation sites excluding steroid dienone is 1. The Labute approximate surface area is 176 Å². The van der Waals surface area contributed by atoms with Gasteiger partial charge in [0.15, 0.2) is 5.96 Å². The molecule has 8 heteroatoms. The highest BCUT2D eigenvalue weighted by Gasteiger charge is 2.10. The quantitative estimate of drug-likeness (QED) is 0.199. The topological polar surface area (TPSA) is 66.5 Å². The van der Waals surface area contributed by atoms with Crippen molar-refractivity contribution in [2.24, 2.45) is 4.99 Å². The van der Waals surface area contributed by atoms with Crippen LogP contribution in [0.4, 0.5) is 0 Å². The highest BCUT2D eigenvalue weighted by molar-refractivity contribution is 14.0. The van der Waals surface area contributed by atoms with Gasteiger partial charge in [-0.1, -0.05) is 35.0 Å². The molecule has 0 unspecified atom stereocenters. The van der Waals surface area contributed by atoms with Crippen LogP contribution in [0.15, 0.2) is 46.4 Å². The molecule has 0 atom stereocenters. The van der Waals surface area contributed by atoms with Crippen molar-refractivity contribution in [3.63, 3.8) is 0 Å². The Morgan fingerprint density at radius 2 is 2.27 bits per heavy atom. The first kappa shape index (κ1) is 22.4. The van der Waals surface area contributed by atoms with E-state index in [1.807, 2.05) is 37.4 Å². The molecule has 0 fully saturated rings. The second-order valence-corrected chi connectivity index (χ2v) is 6.03. The number of rotatable bonds is 8. The van der Waals surface area contributed by atoms with E-state index in [4.69, 9.17) is 16.1 Å². The summed E-state index contributed by atoms with van der Waals surface area (Å²) in [5.74, 6) is 1.97. The van der Waals surface area contributed by atoms with Gasteiger partial charge in [-0.25, -0.2) is 0 Å². The maximum Gasteiger partial charge on any atom is 0.228 e. The average Bonchev–Trinajstić information content (AvgIpc) is 3.08. The molecule has 0 aliphatic heterocycles. The third kappa shape index (κ3) is 6.95. The lowest BCUT2D eigenvalue weighted by atomic mass is 10.2. The van der Waals surface area contributed by atoms with Crippen LogP contribution in [0, 0.1) is 0 Å². The minimum atomic E-state index is 0. The van der Waals surface area contributed by atoms with Gasteiger partial charge in [-0.05, 0) is 25.0 Å². The number of guanidine groups is 1. The Bertz CT molecular complexity index is 719. The summed E-state index contributed by atoms with van der Waals surface area (Å²) in [5, 5.41) is 7.96. The van der Waals surface area contributed by atoms with Crippen LogP contribution in [0.2, 0.25) is 5.02 Å². The van der Waals surface area contributed by atoms with Crippen molar-refractivity contribution in [3.05, 3.63) is 47.8 Å². The molecule has 0 radical (unpaired) electrons. The Balaban J connectivity index is 0.00000338. The SMILES string of the molecule is C=CCCCN(C)C(=NC)NCCc1nc(-c2cccc(Cl)c2)no1.I. The maximum atomic E-state index is 5.99. The van der Waals surface area contributed by atoms with Gasteiger partial charge in [-0.15, -0.1) is 30.6 Å². The predicted molar refractivity (Wildman–Crippen MR) is 117 cm³/mol. The number of aromatic nitrogens is 2. The van der Waals surface area contributed by atoms with E-state index in [9.17, 15) is 0 Å². The van der Waals surface area contributed by atoms with Crippen LogP contribution in [0.3, 0.4) is 0 Å². The predicted octanol–water partition coefficient (Wildman–Crippen LogP) is 4.02. The second kappa shape index (κ2) is 11.9. The summed E-state index contributed by atoms with van der Waals surface area (Å²) in [6.07, 6.45) is 4.59. The average molecular weight is 490 g/mol. The molecule has 0 bridgehead atoms. The van der Waals surface area contributed by atoms with Gasteiger partial charge in [0.25, 0.3) is 0 Å². The smallest absolute Gasteiger partial charge is 0.228 e. The summed E-state index contributed by atoms with van der Waals surface area (Å²) < 4.78 is 5.31. The first-order chi connectivity index (χ1) is 12.1. The number of benzene rings is 1. The van der Waals surface area contributed by atoms with Crippen LogP contribution >= 0.6 is 35.6 Å². The number of unbranched alkanes of at least 4 members (excludes halogenated alkanes) is 1. The molecule has 26 heavy (non-hydrogen) atoms. The van der Waals surface area contributed by atoms with Crippen LogP contribution in [0.1, 0.15) is 18.7 Å². The molecule has 0 spiro atoms. The molecule has 1 N–H and O–H groups in total. The second-order valence-electron chi connectivity index (χ2n) is 5.60. The zero-order valence-electron chi connectivity index (χ0n) is 15.1. The summed E-state index contributed by atoms with van der Waals surface area (Å²) in [6, 6.07) is 7.39. The molecular weight excluding hydrogens is 465 g/mol. The van der Waals surface area contributed by atoms with Gasteiger partial charge in [0, 0.05) is 44.2 Å². The maximum absolute atomic E-state index is 5.99. The minimum absolute atomic E-state index is 0. The van der Waals surface area contributed by atoms with Crippen molar-refractivity contribution in [2.45, 2.75) is 19.3 Å². The van der Waals surface area contributed by atoms with E-state index >= 15 is 0 Å². The van der Waals surface area contributed by atoms with E-state index in [1.165, 1.54) is 0 Å². The van der Waals surface area contributed by atoms with Gasteiger partial charge in [0.1, 0.15) is 0 Å². The summed E-state index contributed by atoms with van der Waals surface area (Å²) >= 11 is 5.99. The van der Waals surface area contributed by atoms with Gasteiger partial charge < -0.3 is 14.7 Å². The highest BCUT2D eigenvalue weighted by Crippen LogP contribution is 2.19. The molecule has 1 aromatic carbocycles. The number of halogens is 2. The van der Waals surface area contributed by atoms with Crippen LogP contribution in [-0.4, -0.2) is 48.2 Å². The molecule has 0 aliphatic rings. The lowest BCUT2D eigenvalue weighted by molar-refractivity contribution is 0.377. The van der Waals surface area contributed by atoms with E-state index in [0.29, 0.717) is 29.7 Å². The third-order valence-corrected chi connectivity index (χ3v) is 3.88. The Morgan fingerprint density at radius 3 is 2.96 bits per heavy atom. The number of nitrogens with one attached hydrogen (secondary N) is 1. The molecule has 1 heterocycles. The van der Waals surface area contributed by atoms with Gasteiger partial charge in [0.2, 0.25) is 11.7 Å². The molecular formula is C18H25ClIN5O. The molecule has 142 valence electrons. The Hall–Kier alpha value is -1.61. The van der Waals surface area contributed by atoms with Gasteiger partial charge >= 0.3 is 0 Å². The molecule has 2 rings (SSSR count). The zero-order chi connectivity index (χ0) is 18.1. The van der Waals surface area contributed by atoms with Crippen molar-refractivity contribution in [3.8, 4) is 11.4 Å². The summed E-state index contributed by atoms with van der Waals surface area (Å²) in [7, 11) is 3.79. The molecule has 6 nitrogen and oxygen atoms in total. The number of hydrogen-bond acceptors (Lipinski definition) is 4. The first-order valence-corrected chi connectivity index (χ1v) is 8.63. The van der Waals surface area contributed by atoms with Crippen molar-refractivity contribution < 1.29 is 4.52 Å². The van der Waals surface area contributed by atoms with Crippen molar-refractivity contribution >= 4 is 41.5 Å². The van der Waals surface area contributed by atoms with E-state index in [-0.39, 0.29) is 24.0 Å². The summed E-state index contributed by atoms with van der Waals surface area (Å²) in [6.45, 7) is 5.32. The van der Waals surface area contributed by atoms with Crippen molar-refractivity contribution in [1.82, 2.24) is 20.4 Å². The Morgan fingerprint density at radius 1 is 1.46 bits per heavy atom. The molecule has 1 aromatic heterocycles. The minimum Gasteiger partial charge on any atom is -0.356 e. The number of nitrogens with zero attached hydrogens (tertiary/aromatic N) is 4. The fourth-order valence-electron chi connectivity index (χ4n) is 2.35. The van der Waals surface area contributed by atoms with Crippen molar-refractivity contribution in [2.75, 3.05) is 27.2 Å². The number of aliphatic imine (C=N–C) groups is 1. The van der Waals surface area contributed by atoms with Crippen molar-refractivity contribution in [1.29, 1.82) is 0 Å². The van der Waals surface area contributed by atoms with Crippen LogP contribution in [-0.2, 0) is 6.42 Å². The van der Waals surface area contributed by atoms with Crippen LogP contribution in [0.5, 0.6) is 0 Å². The third-order valence-electron chi connectivity index (χ3n) is 3.65. The normalized spacial score (nSPS) is 11.0. The zero-order valence-corrected chi connectivity index (χ0v) is 18.2. The van der Waals surface area contributed by atoms with E-state index in [2.05, 4.69) is 31.9 Å².